The molecule has 0 unspecified atom stereocenters. The number of carbonyl (C=O) groups is 4. The predicted octanol–water partition coefficient (Wildman–Crippen LogP) is 3.07. The summed E-state index contributed by atoms with van der Waals surface area (Å²) in [7, 11) is 3.00. The van der Waals surface area contributed by atoms with Gasteiger partial charge in [-0.05, 0) is 61.8 Å². The molecule has 12 nitrogen and oxygen atoms in total. The summed E-state index contributed by atoms with van der Waals surface area (Å²) in [5.74, 6) is -3.72. The molecular formula is C37H54N4O8. The van der Waals surface area contributed by atoms with Crippen molar-refractivity contribution in [3.8, 4) is 0 Å². The number of likely N-dealkylation sites (N-methyl/N-ethyl adjacent to an activating group) is 2. The molecule has 0 bridgehead atoms. The van der Waals surface area contributed by atoms with Crippen molar-refractivity contribution < 1.29 is 38.1 Å². The maximum Gasteiger partial charge on any atom is 0.252 e. The molecule has 2 aromatic carbocycles. The summed E-state index contributed by atoms with van der Waals surface area (Å²) < 4.78 is 25.5. The molecule has 1 aliphatic heterocycles. The summed E-state index contributed by atoms with van der Waals surface area (Å²) in [6, 6.07) is 13.5. The fourth-order valence-corrected chi connectivity index (χ4v) is 5.68. The Bertz CT molecular complexity index is 1340. The van der Waals surface area contributed by atoms with Crippen LogP contribution in [0.15, 0.2) is 48.5 Å². The first-order chi connectivity index (χ1) is 23.1. The van der Waals surface area contributed by atoms with Gasteiger partial charge >= 0.3 is 0 Å². The van der Waals surface area contributed by atoms with Crippen LogP contribution >= 0.6 is 0 Å². The molecule has 1 heterocycles. The summed E-state index contributed by atoms with van der Waals surface area (Å²) in [5, 5.41) is 10.9. The van der Waals surface area contributed by atoms with Crippen molar-refractivity contribution in [1.82, 2.24) is 21.3 Å². The second-order valence-electron chi connectivity index (χ2n) is 13.6. The maximum atomic E-state index is 14.2. The summed E-state index contributed by atoms with van der Waals surface area (Å²) >= 11 is 0. The lowest BCUT2D eigenvalue weighted by Gasteiger charge is -2.32. The fraction of sp³-hybridized carbons (Fsp3) is 0.568. The number of benzene rings is 2. The molecule has 0 spiro atoms. The van der Waals surface area contributed by atoms with Crippen LogP contribution in [0.25, 0.3) is 0 Å². The quantitative estimate of drug-likeness (QED) is 0.211. The Hall–Kier alpha value is -3.84. The minimum Gasteiger partial charge on any atom is -0.361 e. The molecular weight excluding hydrogens is 628 g/mol. The van der Waals surface area contributed by atoms with E-state index in [1.165, 1.54) is 14.1 Å². The zero-order valence-electron chi connectivity index (χ0n) is 30.4. The van der Waals surface area contributed by atoms with E-state index >= 15 is 0 Å². The lowest BCUT2D eigenvalue weighted by atomic mass is 9.98. The van der Waals surface area contributed by atoms with Crippen molar-refractivity contribution in [1.29, 1.82) is 0 Å². The first-order valence-corrected chi connectivity index (χ1v) is 16.8. The molecule has 3 rings (SSSR count). The van der Waals surface area contributed by atoms with Crippen LogP contribution in [0.2, 0.25) is 0 Å². The highest BCUT2D eigenvalue weighted by molar-refractivity contribution is 5.91. The number of amides is 4. The van der Waals surface area contributed by atoms with Gasteiger partial charge in [0.25, 0.3) is 11.8 Å². The fourth-order valence-electron chi connectivity index (χ4n) is 5.68. The Morgan fingerprint density at radius 3 is 1.31 bits per heavy atom. The second kappa shape index (κ2) is 17.7. The van der Waals surface area contributed by atoms with Gasteiger partial charge in [0, 0.05) is 14.1 Å². The standard InChI is InChI=1S/C37H54N4O8/c1-21(2)27(33(42)38-9)40-35(44)31(46-19-25-17-13-11-15-23(25)5)29-30(49-37(7,8)48-29)32(47-20-26-18-14-12-16-24(26)6)36(45)41-28(22(3)4)34(43)39-10/h11-18,21-22,27-32H,19-20H2,1-10H3,(H,38,42)(H,39,43)(H,40,44)(H,41,45)/t27-,28-,29+,30+,31+,32+/m0/s1. The van der Waals surface area contributed by atoms with Gasteiger partial charge in [-0.15, -0.1) is 0 Å². The van der Waals surface area contributed by atoms with E-state index in [1.54, 1.807) is 13.8 Å². The third kappa shape index (κ3) is 10.6. The zero-order chi connectivity index (χ0) is 36.5. The highest BCUT2D eigenvalue weighted by atomic mass is 16.8. The topological polar surface area (TPSA) is 153 Å². The highest BCUT2D eigenvalue weighted by Crippen LogP contribution is 2.35. The molecule has 1 saturated heterocycles. The van der Waals surface area contributed by atoms with Crippen molar-refractivity contribution in [2.45, 2.75) is 111 Å². The minimum atomic E-state index is -1.34. The molecule has 0 aromatic heterocycles. The minimum absolute atomic E-state index is 0.0388. The van der Waals surface area contributed by atoms with E-state index in [-0.39, 0.29) is 36.9 Å². The van der Waals surface area contributed by atoms with Crippen LogP contribution < -0.4 is 21.3 Å². The van der Waals surface area contributed by atoms with Crippen molar-refractivity contribution in [2.75, 3.05) is 14.1 Å². The Labute approximate surface area is 290 Å². The summed E-state index contributed by atoms with van der Waals surface area (Å²) in [6.45, 7) is 14.6. The Balaban J connectivity index is 2.08. The van der Waals surface area contributed by atoms with Gasteiger partial charge in [0.15, 0.2) is 18.0 Å². The van der Waals surface area contributed by atoms with Crippen LogP contribution in [0.4, 0.5) is 0 Å². The van der Waals surface area contributed by atoms with Crippen molar-refractivity contribution in [3.63, 3.8) is 0 Å². The van der Waals surface area contributed by atoms with E-state index in [0.717, 1.165) is 22.3 Å². The molecule has 0 saturated carbocycles. The predicted molar refractivity (Wildman–Crippen MR) is 185 cm³/mol. The molecule has 49 heavy (non-hydrogen) atoms. The van der Waals surface area contributed by atoms with Crippen LogP contribution in [0.1, 0.15) is 63.8 Å². The number of hydrogen-bond donors (Lipinski definition) is 4. The summed E-state index contributed by atoms with van der Waals surface area (Å²) in [6.07, 6.45) is -5.01. The average Bonchev–Trinajstić information content (AvgIpc) is 3.37. The summed E-state index contributed by atoms with van der Waals surface area (Å²) in [4.78, 5) is 53.9. The average molecular weight is 683 g/mol. The molecule has 4 N–H and O–H groups in total. The highest BCUT2D eigenvalue weighted by Gasteiger charge is 2.54. The van der Waals surface area contributed by atoms with Gasteiger partial charge in [0.2, 0.25) is 11.8 Å². The monoisotopic (exact) mass is 682 g/mol. The van der Waals surface area contributed by atoms with Crippen LogP contribution in [-0.4, -0.2) is 80.0 Å². The molecule has 270 valence electrons. The van der Waals surface area contributed by atoms with E-state index < -0.39 is 54.1 Å². The van der Waals surface area contributed by atoms with Crippen LogP contribution in [0, 0.1) is 25.7 Å². The molecule has 0 aliphatic carbocycles. The normalized spacial score (nSPS) is 19.5. The third-order valence-corrected chi connectivity index (χ3v) is 8.62. The van der Waals surface area contributed by atoms with Gasteiger partial charge in [-0.1, -0.05) is 76.2 Å². The Kier molecular flexibility index (Phi) is 14.3. The van der Waals surface area contributed by atoms with Crippen LogP contribution in [0.3, 0.4) is 0 Å². The number of rotatable bonds is 16. The second-order valence-corrected chi connectivity index (χ2v) is 13.6. The Morgan fingerprint density at radius 1 is 0.653 bits per heavy atom. The first kappa shape index (κ1) is 39.6. The van der Waals surface area contributed by atoms with Crippen LogP contribution in [0.5, 0.6) is 0 Å². The van der Waals surface area contributed by atoms with E-state index in [2.05, 4.69) is 21.3 Å². The first-order valence-electron chi connectivity index (χ1n) is 16.8. The molecule has 1 aliphatic rings. The zero-order valence-corrected chi connectivity index (χ0v) is 30.4. The number of hydrogen-bond acceptors (Lipinski definition) is 8. The molecule has 6 atom stereocenters. The van der Waals surface area contributed by atoms with E-state index in [9.17, 15) is 19.2 Å². The number of aryl methyl sites for hydroxylation is 2. The number of carbonyl (C=O) groups excluding carboxylic acids is 4. The van der Waals surface area contributed by atoms with Crippen LogP contribution in [-0.2, 0) is 51.3 Å². The van der Waals surface area contributed by atoms with Gasteiger partial charge in [-0.25, -0.2) is 0 Å². The van der Waals surface area contributed by atoms with Gasteiger partial charge in [-0.3, -0.25) is 19.2 Å². The smallest absolute Gasteiger partial charge is 0.252 e. The maximum absolute atomic E-state index is 14.2. The molecule has 12 heteroatoms. The molecule has 4 amide bonds. The van der Waals surface area contributed by atoms with Gasteiger partial charge in [-0.2, -0.15) is 0 Å². The van der Waals surface area contributed by atoms with E-state index in [4.69, 9.17) is 18.9 Å². The molecule has 1 fully saturated rings. The van der Waals surface area contributed by atoms with Gasteiger partial charge < -0.3 is 40.2 Å². The summed E-state index contributed by atoms with van der Waals surface area (Å²) in [5.41, 5.74) is 3.61. The van der Waals surface area contributed by atoms with Crippen molar-refractivity contribution >= 4 is 23.6 Å². The SMILES string of the molecule is CNC(=O)[C@@H](NC(=O)[C@H](OCc1ccccc1C)[C@@H]1OC(C)(C)O[C@H]1[C@@H](OCc1ccccc1C)C(=O)N[C@H](C(=O)NC)C(C)C)C(C)C. The third-order valence-electron chi connectivity index (χ3n) is 8.62. The lowest BCUT2D eigenvalue weighted by Crippen LogP contribution is -2.59. The molecule has 0 radical (unpaired) electrons. The van der Waals surface area contributed by atoms with E-state index in [1.807, 2.05) is 90.1 Å². The van der Waals surface area contributed by atoms with Crippen molar-refractivity contribution in [3.05, 3.63) is 70.8 Å². The van der Waals surface area contributed by atoms with Crippen molar-refractivity contribution in [2.24, 2.45) is 11.8 Å². The Morgan fingerprint density at radius 2 is 1.00 bits per heavy atom. The number of ether oxygens (including phenoxy) is 4. The van der Waals surface area contributed by atoms with Gasteiger partial charge in [0.1, 0.15) is 24.3 Å². The molecule has 2 aromatic rings. The number of nitrogens with one attached hydrogen (secondary N) is 4. The van der Waals surface area contributed by atoms with E-state index in [0.29, 0.717) is 0 Å². The lowest BCUT2D eigenvalue weighted by molar-refractivity contribution is -0.172. The van der Waals surface area contributed by atoms with Gasteiger partial charge in [0.05, 0.1) is 13.2 Å². The largest absolute Gasteiger partial charge is 0.361 e.